The molecule has 7 aromatic carbocycles. The van der Waals surface area contributed by atoms with Crippen molar-refractivity contribution in [1.29, 1.82) is 0 Å². The van der Waals surface area contributed by atoms with Crippen LogP contribution in [0.5, 0.6) is 0 Å². The van der Waals surface area contributed by atoms with Gasteiger partial charge in [-0.05, 0) is 102 Å². The minimum atomic E-state index is 1.05. The van der Waals surface area contributed by atoms with E-state index in [-0.39, 0.29) is 0 Å². The molecule has 10 aromatic rings. The standard InChI is InChI=1S/C48H33N3/c1-3-13-34(14-4-1)49-43-20-10-7-17-37(43)40-28-25-33(29-46(40)49)32-23-26-36(27-24-32)51-45-22-12-9-19-39(45)42-30-47-41(31-48(42)51)38-18-8-11-21-44(38)50(47)35-15-5-2-6-16-35/h1-7,9-17,19-31H,8,18H2. The van der Waals surface area contributed by atoms with Crippen molar-refractivity contribution in [1.82, 2.24) is 13.7 Å². The number of nitrogens with zero attached hydrogens (tertiary/aromatic N) is 3. The highest BCUT2D eigenvalue weighted by Gasteiger charge is 2.22. The molecule has 0 unspecified atom stereocenters. The van der Waals surface area contributed by atoms with Gasteiger partial charge in [0.05, 0.1) is 27.6 Å². The Bertz CT molecular complexity index is 2990. The average Bonchev–Trinajstić information content (AvgIpc) is 3.83. The summed E-state index contributed by atoms with van der Waals surface area (Å²) in [4.78, 5) is 0. The second-order valence-corrected chi connectivity index (χ2v) is 13.7. The largest absolute Gasteiger partial charge is 0.310 e. The van der Waals surface area contributed by atoms with E-state index in [0.29, 0.717) is 0 Å². The van der Waals surface area contributed by atoms with Crippen molar-refractivity contribution in [2.45, 2.75) is 12.8 Å². The highest BCUT2D eigenvalue weighted by Crippen LogP contribution is 2.41. The van der Waals surface area contributed by atoms with Crippen molar-refractivity contribution in [2.24, 2.45) is 0 Å². The Labute approximate surface area is 295 Å². The van der Waals surface area contributed by atoms with E-state index in [0.717, 1.165) is 12.8 Å². The number of aromatic nitrogens is 3. The van der Waals surface area contributed by atoms with Gasteiger partial charge in [0.1, 0.15) is 0 Å². The van der Waals surface area contributed by atoms with Gasteiger partial charge in [0.2, 0.25) is 0 Å². The summed E-state index contributed by atoms with van der Waals surface area (Å²) in [6.07, 6.45) is 6.76. The quantitative estimate of drug-likeness (QED) is 0.180. The monoisotopic (exact) mass is 651 g/mol. The zero-order valence-corrected chi connectivity index (χ0v) is 28.0. The Balaban J connectivity index is 1.09. The van der Waals surface area contributed by atoms with Gasteiger partial charge in [0.15, 0.2) is 0 Å². The maximum atomic E-state index is 2.45. The molecule has 0 bridgehead atoms. The first-order chi connectivity index (χ1) is 25.3. The molecule has 0 spiro atoms. The molecule has 0 atom stereocenters. The smallest absolute Gasteiger partial charge is 0.0548 e. The van der Waals surface area contributed by atoms with Crippen LogP contribution in [0.4, 0.5) is 0 Å². The van der Waals surface area contributed by atoms with E-state index >= 15 is 0 Å². The van der Waals surface area contributed by atoms with Crippen molar-refractivity contribution in [3.05, 3.63) is 181 Å². The topological polar surface area (TPSA) is 14.8 Å². The summed E-state index contributed by atoms with van der Waals surface area (Å²) >= 11 is 0. The first kappa shape index (κ1) is 28.3. The van der Waals surface area contributed by atoms with Gasteiger partial charge < -0.3 is 13.7 Å². The molecule has 240 valence electrons. The molecule has 0 N–H and O–H groups in total. The lowest BCUT2D eigenvalue weighted by atomic mass is 10.00. The van der Waals surface area contributed by atoms with E-state index in [2.05, 4.69) is 190 Å². The highest BCUT2D eigenvalue weighted by molar-refractivity contribution is 6.14. The van der Waals surface area contributed by atoms with Crippen molar-refractivity contribution < 1.29 is 0 Å². The van der Waals surface area contributed by atoms with Gasteiger partial charge in [-0.15, -0.1) is 0 Å². The molecule has 11 rings (SSSR count). The highest BCUT2D eigenvalue weighted by atomic mass is 15.0. The predicted octanol–water partition coefficient (Wildman–Crippen LogP) is 12.5. The van der Waals surface area contributed by atoms with Crippen LogP contribution in [-0.2, 0) is 6.42 Å². The van der Waals surface area contributed by atoms with Crippen LogP contribution in [-0.4, -0.2) is 13.7 Å². The molecule has 0 amide bonds. The van der Waals surface area contributed by atoms with Crippen molar-refractivity contribution in [2.75, 3.05) is 0 Å². The van der Waals surface area contributed by atoms with Crippen LogP contribution in [0.2, 0.25) is 0 Å². The normalized spacial score (nSPS) is 12.9. The molecule has 51 heavy (non-hydrogen) atoms. The molecule has 3 nitrogen and oxygen atoms in total. The number of rotatable bonds is 4. The van der Waals surface area contributed by atoms with Crippen LogP contribution < -0.4 is 0 Å². The van der Waals surface area contributed by atoms with E-state index in [1.165, 1.54) is 94.0 Å². The number of allylic oxidation sites excluding steroid dienone is 1. The van der Waals surface area contributed by atoms with Crippen LogP contribution in [0, 0.1) is 0 Å². The molecule has 1 aliphatic carbocycles. The Kier molecular flexibility index (Phi) is 6.08. The van der Waals surface area contributed by atoms with Gasteiger partial charge in [-0.25, -0.2) is 0 Å². The summed E-state index contributed by atoms with van der Waals surface area (Å²) in [7, 11) is 0. The number of aryl methyl sites for hydroxylation is 1. The molecule has 3 heterocycles. The molecular weight excluding hydrogens is 619 g/mol. The molecule has 0 radical (unpaired) electrons. The van der Waals surface area contributed by atoms with Crippen LogP contribution in [0.3, 0.4) is 0 Å². The summed E-state index contributed by atoms with van der Waals surface area (Å²) < 4.78 is 7.30. The SMILES string of the molecule is C1=Cc2c(c3cc4c(cc3n2-c2ccccc2)c2ccccc2n4-c2ccc(-c3ccc4c5ccccc5n(-c5ccccc5)c4c3)cc2)CC1. The van der Waals surface area contributed by atoms with Crippen LogP contribution in [0.1, 0.15) is 17.7 Å². The molecular formula is C48H33N3. The zero-order chi connectivity index (χ0) is 33.5. The fourth-order valence-electron chi connectivity index (χ4n) is 8.64. The van der Waals surface area contributed by atoms with E-state index < -0.39 is 0 Å². The third-order valence-corrected chi connectivity index (χ3v) is 10.9. The number of fused-ring (bicyclic) bond motifs is 9. The van der Waals surface area contributed by atoms with E-state index in [4.69, 9.17) is 0 Å². The summed E-state index contributed by atoms with van der Waals surface area (Å²) in [5, 5.41) is 6.43. The molecule has 0 fully saturated rings. The molecule has 0 aliphatic heterocycles. The average molecular weight is 652 g/mol. The van der Waals surface area contributed by atoms with Crippen LogP contribution >= 0.6 is 0 Å². The van der Waals surface area contributed by atoms with Gasteiger partial charge >= 0.3 is 0 Å². The molecule has 3 heteroatoms. The summed E-state index contributed by atoms with van der Waals surface area (Å²) in [6, 6.07) is 60.0. The van der Waals surface area contributed by atoms with Gasteiger partial charge in [-0.2, -0.15) is 0 Å². The first-order valence-corrected chi connectivity index (χ1v) is 17.8. The minimum absolute atomic E-state index is 1.05. The zero-order valence-electron chi connectivity index (χ0n) is 28.0. The number of hydrogen-bond donors (Lipinski definition) is 0. The maximum absolute atomic E-state index is 2.45. The minimum Gasteiger partial charge on any atom is -0.310 e. The predicted molar refractivity (Wildman–Crippen MR) is 215 cm³/mol. The fourth-order valence-corrected chi connectivity index (χ4v) is 8.64. The Morgan fingerprint density at radius 3 is 1.57 bits per heavy atom. The van der Waals surface area contributed by atoms with E-state index in [1.807, 2.05) is 0 Å². The van der Waals surface area contributed by atoms with Gasteiger partial charge in [-0.1, -0.05) is 103 Å². The number of hydrogen-bond acceptors (Lipinski definition) is 0. The molecule has 3 aromatic heterocycles. The van der Waals surface area contributed by atoms with Crippen molar-refractivity contribution in [3.63, 3.8) is 0 Å². The lowest BCUT2D eigenvalue weighted by Gasteiger charge is -2.11. The van der Waals surface area contributed by atoms with Crippen molar-refractivity contribution in [3.8, 4) is 28.2 Å². The van der Waals surface area contributed by atoms with Gasteiger partial charge in [0, 0.05) is 49.7 Å². The Morgan fingerprint density at radius 1 is 0.353 bits per heavy atom. The Morgan fingerprint density at radius 2 is 0.863 bits per heavy atom. The summed E-state index contributed by atoms with van der Waals surface area (Å²) in [5.41, 5.74) is 14.9. The lowest BCUT2D eigenvalue weighted by Crippen LogP contribution is -1.99. The third-order valence-electron chi connectivity index (χ3n) is 10.9. The van der Waals surface area contributed by atoms with Gasteiger partial charge in [0.25, 0.3) is 0 Å². The summed E-state index contributed by atoms with van der Waals surface area (Å²) in [5.74, 6) is 0. The number of para-hydroxylation sites is 4. The first-order valence-electron chi connectivity index (χ1n) is 17.8. The van der Waals surface area contributed by atoms with E-state index in [1.54, 1.807) is 0 Å². The molecule has 0 saturated carbocycles. The van der Waals surface area contributed by atoms with Crippen LogP contribution in [0.15, 0.2) is 170 Å². The third kappa shape index (κ3) is 4.18. The Hall–Kier alpha value is -6.58. The lowest BCUT2D eigenvalue weighted by molar-refractivity contribution is 0.967. The van der Waals surface area contributed by atoms with E-state index in [9.17, 15) is 0 Å². The number of benzene rings is 7. The van der Waals surface area contributed by atoms with Crippen molar-refractivity contribution >= 4 is 60.6 Å². The molecule has 0 saturated heterocycles. The van der Waals surface area contributed by atoms with Crippen LogP contribution in [0.25, 0.3) is 88.8 Å². The summed E-state index contributed by atoms with van der Waals surface area (Å²) in [6.45, 7) is 0. The van der Waals surface area contributed by atoms with Gasteiger partial charge in [-0.3, -0.25) is 0 Å². The second kappa shape index (κ2) is 11.0. The second-order valence-electron chi connectivity index (χ2n) is 13.7. The fraction of sp³-hybridized carbons (Fsp3) is 0.0417. The maximum Gasteiger partial charge on any atom is 0.0548 e. The molecule has 1 aliphatic rings.